The van der Waals surface area contributed by atoms with Crippen LogP contribution in [0.4, 0.5) is 0 Å². The monoisotopic (exact) mass is 448 g/mol. The summed E-state index contributed by atoms with van der Waals surface area (Å²) in [5.74, 6) is -1.30. The summed E-state index contributed by atoms with van der Waals surface area (Å²) in [6.07, 6.45) is 0. The fourth-order valence-corrected chi connectivity index (χ4v) is 5.49. The zero-order chi connectivity index (χ0) is 20.6. The maximum absolute atomic E-state index is 13.6. The molecule has 5 heteroatoms. The van der Waals surface area contributed by atoms with Gasteiger partial charge in [0.15, 0.2) is 5.78 Å². The van der Waals surface area contributed by atoms with E-state index in [0.717, 1.165) is 20.8 Å². The molecule has 144 valence electrons. The molecule has 1 saturated carbocycles. The third-order valence-electron chi connectivity index (χ3n) is 6.62. The van der Waals surface area contributed by atoms with E-state index in [-0.39, 0.29) is 11.6 Å². The summed E-state index contributed by atoms with van der Waals surface area (Å²) < 4.78 is 6.49. The predicted octanol–water partition coefficient (Wildman–Crippen LogP) is 5.08. The number of carbonyl (C=O) groups is 3. The molecule has 1 aliphatic heterocycles. The standard InChI is InChI=1S/C24H17BrO4/c1-13(26)24-20(23(24,2)21(27)15-7-10-16(25)11-8-15)19-17-6-4-3-5-14(17)9-12-18(19)29-22(24)28/h3-12,20H,1-2H3/t20-,23+,24-/m0/s1. The van der Waals surface area contributed by atoms with Crippen LogP contribution >= 0.6 is 15.9 Å². The smallest absolute Gasteiger partial charge is 0.326 e. The summed E-state index contributed by atoms with van der Waals surface area (Å²) in [5, 5.41) is 1.88. The Labute approximate surface area is 176 Å². The Morgan fingerprint density at radius 1 is 1.00 bits per heavy atom. The van der Waals surface area contributed by atoms with Crippen LogP contribution in [0.15, 0.2) is 65.1 Å². The van der Waals surface area contributed by atoms with Crippen molar-refractivity contribution in [2.45, 2.75) is 19.8 Å². The first-order valence-corrected chi connectivity index (χ1v) is 10.2. The number of ketones is 2. The van der Waals surface area contributed by atoms with Crippen molar-refractivity contribution in [1.29, 1.82) is 0 Å². The molecule has 0 unspecified atom stereocenters. The quantitative estimate of drug-likeness (QED) is 0.242. The molecule has 0 saturated heterocycles. The van der Waals surface area contributed by atoms with Gasteiger partial charge in [-0.25, -0.2) is 0 Å². The molecule has 0 spiro atoms. The number of esters is 1. The largest absolute Gasteiger partial charge is 0.425 e. The second-order valence-corrected chi connectivity index (χ2v) is 8.84. The summed E-state index contributed by atoms with van der Waals surface area (Å²) in [4.78, 5) is 39.6. The molecule has 0 aromatic heterocycles. The topological polar surface area (TPSA) is 60.4 Å². The summed E-state index contributed by atoms with van der Waals surface area (Å²) in [6, 6.07) is 18.4. The normalized spacial score (nSPS) is 27.0. The molecule has 0 N–H and O–H groups in total. The van der Waals surface area contributed by atoms with Crippen molar-refractivity contribution in [3.8, 4) is 5.75 Å². The molecule has 1 heterocycles. The molecule has 0 radical (unpaired) electrons. The Kier molecular flexibility index (Phi) is 3.69. The maximum atomic E-state index is 13.6. The van der Waals surface area contributed by atoms with Crippen molar-refractivity contribution in [3.63, 3.8) is 0 Å². The number of benzene rings is 3. The highest BCUT2D eigenvalue weighted by Crippen LogP contribution is 2.79. The minimum atomic E-state index is -1.49. The Balaban J connectivity index is 1.77. The van der Waals surface area contributed by atoms with Crippen molar-refractivity contribution in [3.05, 3.63) is 76.3 Å². The lowest BCUT2D eigenvalue weighted by molar-refractivity contribution is -0.147. The van der Waals surface area contributed by atoms with Gasteiger partial charge in [-0.2, -0.15) is 0 Å². The summed E-state index contributed by atoms with van der Waals surface area (Å²) >= 11 is 3.37. The number of ether oxygens (including phenoxy) is 1. The zero-order valence-electron chi connectivity index (χ0n) is 15.9. The highest BCUT2D eigenvalue weighted by molar-refractivity contribution is 9.10. The molecule has 1 aliphatic carbocycles. The third kappa shape index (κ3) is 2.11. The van der Waals surface area contributed by atoms with Crippen LogP contribution in [-0.2, 0) is 9.59 Å². The summed E-state index contributed by atoms with van der Waals surface area (Å²) in [5.41, 5.74) is -1.45. The van der Waals surface area contributed by atoms with Crippen molar-refractivity contribution >= 4 is 44.2 Å². The number of hydrogen-bond acceptors (Lipinski definition) is 4. The van der Waals surface area contributed by atoms with Gasteiger partial charge >= 0.3 is 5.97 Å². The molecule has 4 nitrogen and oxygen atoms in total. The number of Topliss-reactive ketones (excluding diaryl/α,β-unsaturated/α-hetero) is 2. The highest BCUT2D eigenvalue weighted by Gasteiger charge is 2.86. The van der Waals surface area contributed by atoms with E-state index in [9.17, 15) is 14.4 Å². The van der Waals surface area contributed by atoms with Crippen LogP contribution in [0.1, 0.15) is 35.7 Å². The average molecular weight is 449 g/mol. The van der Waals surface area contributed by atoms with Crippen molar-refractivity contribution in [2.24, 2.45) is 10.8 Å². The molecular formula is C24H17BrO4. The second kappa shape index (κ2) is 5.86. The first-order valence-electron chi connectivity index (χ1n) is 9.39. The molecule has 3 atom stereocenters. The SMILES string of the molecule is CC(=O)[C@@]12C(=O)Oc3ccc4ccccc4c3[C@H]1[C@]2(C)C(=O)c1ccc(Br)cc1. The first-order chi connectivity index (χ1) is 13.8. The molecule has 3 aromatic rings. The van der Waals surface area contributed by atoms with E-state index in [1.165, 1.54) is 6.92 Å². The van der Waals surface area contributed by atoms with Gasteiger partial charge in [0.25, 0.3) is 0 Å². The van der Waals surface area contributed by atoms with E-state index in [4.69, 9.17) is 4.74 Å². The van der Waals surface area contributed by atoms with Crippen LogP contribution < -0.4 is 4.74 Å². The van der Waals surface area contributed by atoms with E-state index in [2.05, 4.69) is 15.9 Å². The molecule has 5 rings (SSSR count). The molecule has 3 aromatic carbocycles. The highest BCUT2D eigenvalue weighted by atomic mass is 79.9. The van der Waals surface area contributed by atoms with E-state index in [0.29, 0.717) is 11.3 Å². The fourth-order valence-electron chi connectivity index (χ4n) is 5.22. The fraction of sp³-hybridized carbons (Fsp3) is 0.208. The Hall–Kier alpha value is -2.79. The van der Waals surface area contributed by atoms with Gasteiger partial charge in [-0.1, -0.05) is 65.3 Å². The van der Waals surface area contributed by atoms with Gasteiger partial charge in [-0.05, 0) is 35.9 Å². The van der Waals surface area contributed by atoms with Crippen LogP contribution in [0.3, 0.4) is 0 Å². The number of rotatable bonds is 3. The van der Waals surface area contributed by atoms with Gasteiger partial charge < -0.3 is 4.74 Å². The van der Waals surface area contributed by atoms with Crippen molar-refractivity contribution in [1.82, 2.24) is 0 Å². The second-order valence-electron chi connectivity index (χ2n) is 7.92. The van der Waals surface area contributed by atoms with Gasteiger partial charge in [-0.15, -0.1) is 0 Å². The van der Waals surface area contributed by atoms with Gasteiger partial charge in [0, 0.05) is 21.5 Å². The van der Waals surface area contributed by atoms with Gasteiger partial charge in [-0.3, -0.25) is 14.4 Å². The van der Waals surface area contributed by atoms with Crippen LogP contribution in [0.5, 0.6) is 5.75 Å². The average Bonchev–Trinajstić information content (AvgIpc) is 3.31. The third-order valence-corrected chi connectivity index (χ3v) is 7.15. The molecule has 29 heavy (non-hydrogen) atoms. The van der Waals surface area contributed by atoms with Crippen LogP contribution in [0, 0.1) is 10.8 Å². The lowest BCUT2D eigenvalue weighted by Gasteiger charge is -2.22. The molecule has 0 bridgehead atoms. The number of fused-ring (bicyclic) bond motifs is 5. The Morgan fingerprint density at radius 2 is 1.69 bits per heavy atom. The summed E-state index contributed by atoms with van der Waals surface area (Å²) in [6.45, 7) is 3.10. The molecule has 1 fully saturated rings. The van der Waals surface area contributed by atoms with E-state index >= 15 is 0 Å². The van der Waals surface area contributed by atoms with E-state index in [1.807, 2.05) is 30.3 Å². The summed E-state index contributed by atoms with van der Waals surface area (Å²) in [7, 11) is 0. The predicted molar refractivity (Wildman–Crippen MR) is 112 cm³/mol. The minimum absolute atomic E-state index is 0.220. The Morgan fingerprint density at radius 3 is 2.38 bits per heavy atom. The number of halogens is 1. The van der Waals surface area contributed by atoms with Crippen molar-refractivity contribution in [2.75, 3.05) is 0 Å². The lowest BCUT2D eigenvalue weighted by atomic mass is 9.85. The molecule has 0 amide bonds. The first kappa shape index (κ1) is 18.3. The van der Waals surface area contributed by atoms with E-state index in [1.54, 1.807) is 37.3 Å². The van der Waals surface area contributed by atoms with E-state index < -0.39 is 22.7 Å². The van der Waals surface area contributed by atoms with Crippen molar-refractivity contribution < 1.29 is 19.1 Å². The number of carbonyl (C=O) groups excluding carboxylic acids is 3. The maximum Gasteiger partial charge on any atom is 0.326 e. The zero-order valence-corrected chi connectivity index (χ0v) is 17.4. The lowest BCUT2D eigenvalue weighted by Crippen LogP contribution is -2.37. The van der Waals surface area contributed by atoms with Gasteiger partial charge in [0.1, 0.15) is 16.9 Å². The number of hydrogen-bond donors (Lipinski definition) is 0. The minimum Gasteiger partial charge on any atom is -0.425 e. The molecule has 2 aliphatic rings. The van der Waals surface area contributed by atoms with Gasteiger partial charge in [0.05, 0.1) is 5.41 Å². The van der Waals surface area contributed by atoms with Crippen LogP contribution in [0.25, 0.3) is 10.8 Å². The van der Waals surface area contributed by atoms with Crippen LogP contribution in [-0.4, -0.2) is 17.5 Å². The van der Waals surface area contributed by atoms with Crippen LogP contribution in [0.2, 0.25) is 0 Å². The van der Waals surface area contributed by atoms with Gasteiger partial charge in [0.2, 0.25) is 0 Å². The Bertz CT molecular complexity index is 1230. The molecular weight excluding hydrogens is 432 g/mol.